The lowest BCUT2D eigenvalue weighted by Gasteiger charge is -2.21. The number of benzene rings is 15. The maximum atomic E-state index is 15.3. The van der Waals surface area contributed by atoms with Crippen LogP contribution in [0.15, 0.2) is 370 Å². The van der Waals surface area contributed by atoms with Crippen molar-refractivity contribution in [2.75, 3.05) is 0 Å². The summed E-state index contributed by atoms with van der Waals surface area (Å²) in [4.78, 5) is 61.5. The maximum absolute atomic E-state index is 15.3. The summed E-state index contributed by atoms with van der Waals surface area (Å²) in [7, 11) is 0. The van der Waals surface area contributed by atoms with E-state index in [-0.39, 0.29) is 28.4 Å². The fourth-order valence-corrected chi connectivity index (χ4v) is 16.1. The van der Waals surface area contributed by atoms with Crippen LogP contribution in [0.25, 0.3) is 214 Å². The highest BCUT2D eigenvalue weighted by atomic mass is 19.4. The molecule has 0 aliphatic carbocycles. The van der Waals surface area contributed by atoms with Gasteiger partial charge in [-0.05, 0) is 126 Å². The van der Waals surface area contributed by atoms with Crippen LogP contribution in [0.2, 0.25) is 0 Å². The van der Waals surface area contributed by atoms with Gasteiger partial charge in [0.05, 0.1) is 56.2 Å². The molecular formula is C105H61F6N15. The summed E-state index contributed by atoms with van der Waals surface area (Å²) in [5.41, 5.74) is 9.25. The Morgan fingerprint density at radius 2 is 0.437 bits per heavy atom. The van der Waals surface area contributed by atoms with Gasteiger partial charge in [0.1, 0.15) is 0 Å². The van der Waals surface area contributed by atoms with Crippen molar-refractivity contribution in [1.82, 2.24) is 68.9 Å². The molecule has 6 aromatic heterocycles. The van der Waals surface area contributed by atoms with Gasteiger partial charge in [0, 0.05) is 99.4 Å². The normalized spacial score (nSPS) is 11.7. The van der Waals surface area contributed by atoms with Gasteiger partial charge in [-0.3, -0.25) is 0 Å². The van der Waals surface area contributed by atoms with Gasteiger partial charge < -0.3 is 9.13 Å². The van der Waals surface area contributed by atoms with E-state index in [2.05, 4.69) is 10.6 Å². The lowest BCUT2D eigenvalue weighted by Crippen LogP contribution is -2.11. The van der Waals surface area contributed by atoms with E-state index < -0.39 is 23.5 Å². The third-order valence-corrected chi connectivity index (χ3v) is 22.2. The lowest BCUT2D eigenvalue weighted by molar-refractivity contribution is -0.143. The molecule has 126 heavy (non-hydrogen) atoms. The van der Waals surface area contributed by atoms with Crippen LogP contribution in [0.5, 0.6) is 0 Å². The van der Waals surface area contributed by atoms with E-state index in [1.807, 2.05) is 326 Å². The van der Waals surface area contributed by atoms with Crippen molar-refractivity contribution in [3.63, 3.8) is 0 Å². The lowest BCUT2D eigenvalue weighted by atomic mass is 9.93. The molecule has 21 aromatic rings. The minimum Gasteiger partial charge on any atom is -0.309 e. The van der Waals surface area contributed by atoms with Crippen molar-refractivity contribution in [3.05, 3.63) is 387 Å². The first kappa shape index (κ1) is 76.4. The molecule has 15 nitrogen and oxygen atoms in total. The van der Waals surface area contributed by atoms with Gasteiger partial charge in [0.2, 0.25) is 0 Å². The van der Waals surface area contributed by atoms with Crippen molar-refractivity contribution < 1.29 is 26.3 Å². The average molecular weight is 1650 g/mol. The number of alkyl halides is 6. The quantitative estimate of drug-likeness (QED) is 0.0832. The number of rotatable bonds is 16. The smallest absolute Gasteiger partial charge is 0.309 e. The molecule has 0 spiro atoms. The molecule has 21 heteroatoms. The second kappa shape index (κ2) is 31.5. The first-order chi connectivity index (χ1) is 61.6. The molecule has 0 aliphatic heterocycles. The SMILES string of the molecule is N#Cc1ccc(-n2c3ccc(-c4nc(-c5ccccc5)nc(-c5ccccc5)n4)cc3c3cc(-c4nc(-c5ccccc5)nc(-c5ccccc5)n4)ccc32)c(-c2ccc(-c3cc(C(F)(F)F)cc(C(F)(F)F)c3)cc2-n2c3ccc(-c4nc(-c5ccccc5)nc(-c5ccccc5)n4)cc3c3cc(-c4nc(-c5ccccc5)nc(-c5ccccc5)n4)ccc32)c1. The molecular weight excluding hydrogens is 1590 g/mol. The Morgan fingerprint density at radius 3 is 0.683 bits per heavy atom. The minimum atomic E-state index is -5.20. The number of fused-ring (bicyclic) bond motifs is 6. The molecule has 0 fully saturated rings. The minimum absolute atomic E-state index is 0.00372. The van der Waals surface area contributed by atoms with Crippen molar-refractivity contribution in [2.45, 2.75) is 12.4 Å². The molecule has 0 amide bonds. The van der Waals surface area contributed by atoms with Crippen molar-refractivity contribution >= 4 is 43.6 Å². The Bertz CT molecular complexity index is 7220. The Kier molecular flexibility index (Phi) is 19.1. The van der Waals surface area contributed by atoms with Gasteiger partial charge >= 0.3 is 12.4 Å². The number of halogens is 6. The van der Waals surface area contributed by atoms with Crippen LogP contribution in [-0.2, 0) is 12.4 Å². The number of hydrogen-bond donors (Lipinski definition) is 0. The molecule has 0 bridgehead atoms. The van der Waals surface area contributed by atoms with Gasteiger partial charge in [-0.15, -0.1) is 0 Å². The van der Waals surface area contributed by atoms with E-state index in [1.165, 1.54) is 6.07 Å². The zero-order valence-electron chi connectivity index (χ0n) is 66.2. The second-order valence-corrected chi connectivity index (χ2v) is 30.1. The Hall–Kier alpha value is -17.0. The standard InChI is InChI=1S/C105H61F6N15/c106-104(107,108)78-54-77(55-79(61-78)105(109,110)111)72-42-47-80(91(60-72)126-89-51-45-75(102-121-96(68-33-17-5-18-34-68)115-97(122-102)69-35-19-6-20-36-69)58-84(89)85-59-76(46-52-90(85)126)103-123-98(70-37-21-7-22-38-70)116-99(124-103)71-39-23-8-24-40-71)81-53-63(62-112)41-48-86(81)125-87-49-43-73(100-117-92(64-25-9-1-10-26-64)113-93(118-100)65-27-11-2-12-28-65)56-82(87)83-57-74(44-50-88(83)125)101-119-94(66-29-13-3-14-30-66)114-95(120-101)67-31-15-4-16-32-67/h1-61H. The number of aromatic nitrogens is 14. The van der Waals surface area contributed by atoms with Crippen molar-refractivity contribution in [3.8, 4) is 176 Å². The maximum Gasteiger partial charge on any atom is 0.416 e. The van der Waals surface area contributed by atoms with Crippen LogP contribution in [0.4, 0.5) is 26.3 Å². The molecule has 21 rings (SSSR count). The number of hydrogen-bond acceptors (Lipinski definition) is 13. The highest BCUT2D eigenvalue weighted by molar-refractivity contribution is 6.14. The fourth-order valence-electron chi connectivity index (χ4n) is 16.1. The molecule has 0 N–H and O–H groups in total. The molecule has 0 saturated heterocycles. The number of nitriles is 1. The van der Waals surface area contributed by atoms with E-state index in [0.717, 1.165) is 56.6 Å². The summed E-state index contributed by atoms with van der Waals surface area (Å²) in [6.07, 6.45) is -10.4. The predicted octanol–water partition coefficient (Wildman–Crippen LogP) is 25.9. The molecule has 0 unspecified atom stereocenters. The summed E-state index contributed by atoms with van der Waals surface area (Å²) in [6.45, 7) is 0. The zero-order valence-corrected chi connectivity index (χ0v) is 66.2. The topological polar surface area (TPSA) is 188 Å². The van der Waals surface area contributed by atoms with Crippen LogP contribution in [-0.4, -0.2) is 68.9 Å². The van der Waals surface area contributed by atoms with Gasteiger partial charge in [-0.1, -0.05) is 255 Å². The average Bonchev–Trinajstić information content (AvgIpc) is 1.63. The number of nitrogens with zero attached hydrogens (tertiary/aromatic N) is 15. The van der Waals surface area contributed by atoms with E-state index in [0.29, 0.717) is 153 Å². The van der Waals surface area contributed by atoms with E-state index in [1.54, 1.807) is 24.3 Å². The summed E-state index contributed by atoms with van der Waals surface area (Å²) in [5, 5.41) is 13.9. The van der Waals surface area contributed by atoms with Crippen LogP contribution in [0.3, 0.4) is 0 Å². The summed E-state index contributed by atoms with van der Waals surface area (Å²) >= 11 is 0. The van der Waals surface area contributed by atoms with Crippen LogP contribution in [0.1, 0.15) is 16.7 Å². The van der Waals surface area contributed by atoms with Crippen LogP contribution < -0.4 is 0 Å². The highest BCUT2D eigenvalue weighted by Gasteiger charge is 2.38. The Labute approximate surface area is 715 Å². The first-order valence-corrected chi connectivity index (χ1v) is 40.3. The van der Waals surface area contributed by atoms with Crippen LogP contribution in [0, 0.1) is 11.3 Å². The molecule has 0 saturated carbocycles. The van der Waals surface area contributed by atoms with Crippen molar-refractivity contribution in [1.29, 1.82) is 5.26 Å². The van der Waals surface area contributed by atoms with E-state index in [9.17, 15) is 5.26 Å². The van der Waals surface area contributed by atoms with Gasteiger partial charge in [0.25, 0.3) is 0 Å². The molecule has 598 valence electrons. The van der Waals surface area contributed by atoms with Gasteiger partial charge in [-0.2, -0.15) is 31.6 Å². The summed E-state index contributed by atoms with van der Waals surface area (Å²) in [6, 6.07) is 114. The summed E-state index contributed by atoms with van der Waals surface area (Å²) < 4.78 is 95.8. The fraction of sp³-hybridized carbons (Fsp3) is 0.0190. The molecule has 0 aliphatic rings. The zero-order chi connectivity index (χ0) is 85.2. The van der Waals surface area contributed by atoms with E-state index in [4.69, 9.17) is 59.8 Å². The second-order valence-electron chi connectivity index (χ2n) is 30.1. The van der Waals surface area contributed by atoms with Gasteiger partial charge in [0.15, 0.2) is 69.9 Å². The van der Waals surface area contributed by atoms with Crippen molar-refractivity contribution in [2.24, 2.45) is 0 Å². The third kappa shape index (κ3) is 14.6. The Morgan fingerprint density at radius 1 is 0.198 bits per heavy atom. The third-order valence-electron chi connectivity index (χ3n) is 22.2. The van der Waals surface area contributed by atoms with E-state index >= 15 is 26.3 Å². The molecule has 15 aromatic carbocycles. The largest absolute Gasteiger partial charge is 0.416 e. The summed E-state index contributed by atoms with van der Waals surface area (Å²) in [5.74, 6) is 4.79. The predicted molar refractivity (Wildman–Crippen MR) is 479 cm³/mol. The molecule has 0 atom stereocenters. The van der Waals surface area contributed by atoms with Gasteiger partial charge in [-0.25, -0.2) is 59.8 Å². The molecule has 0 radical (unpaired) electrons. The van der Waals surface area contributed by atoms with Crippen LogP contribution >= 0.6 is 0 Å². The first-order valence-electron chi connectivity index (χ1n) is 40.3. The monoisotopic (exact) mass is 1650 g/mol. The Balaban J connectivity index is 0.841. The molecule has 6 heterocycles. The highest BCUT2D eigenvalue weighted by Crippen LogP contribution is 2.48.